The number of nitrogens with two attached hydrogens (primary N) is 1. The van der Waals surface area contributed by atoms with E-state index in [1.54, 1.807) is 6.07 Å². The van der Waals surface area contributed by atoms with E-state index in [-0.39, 0.29) is 21.3 Å². The molecule has 3 N–H and O–H groups in total. The van der Waals surface area contributed by atoms with Gasteiger partial charge in [0.2, 0.25) is 0 Å². The summed E-state index contributed by atoms with van der Waals surface area (Å²) in [6, 6.07) is 17.2. The topological polar surface area (TPSA) is 118 Å². The van der Waals surface area contributed by atoms with Crippen LogP contribution in [0.1, 0.15) is 27.5 Å². The van der Waals surface area contributed by atoms with Gasteiger partial charge in [-0.05, 0) is 29.3 Å². The van der Waals surface area contributed by atoms with Crippen LogP contribution in [0.15, 0.2) is 65.7 Å². The van der Waals surface area contributed by atoms with Crippen LogP contribution < -0.4 is 10.5 Å². The highest BCUT2D eigenvalue weighted by Crippen LogP contribution is 2.32. The molecule has 9 heteroatoms. The molecule has 1 atom stereocenters. The average molecular weight is 429 g/mol. The molecule has 0 aliphatic rings. The van der Waals surface area contributed by atoms with Crippen LogP contribution in [0.25, 0.3) is 0 Å². The molecule has 3 aromatic rings. The van der Waals surface area contributed by atoms with Crippen LogP contribution in [0.4, 0.5) is 5.69 Å². The second kappa shape index (κ2) is 7.99. The number of rotatable bonds is 6. The van der Waals surface area contributed by atoms with Gasteiger partial charge in [-0.15, -0.1) is 0 Å². The monoisotopic (exact) mass is 428 g/mol. The lowest BCUT2D eigenvalue weighted by molar-refractivity contribution is 0.0992. The number of hydrogen-bond acceptors (Lipinski definition) is 4. The summed E-state index contributed by atoms with van der Waals surface area (Å²) in [6.07, 6.45) is 1.29. The first-order chi connectivity index (χ1) is 13.7. The number of aryl methyl sites for hydroxylation is 1. The molecule has 0 saturated carbocycles. The van der Waals surface area contributed by atoms with E-state index in [9.17, 15) is 18.5 Å². The number of nitrogens with one attached hydrogen (secondary N) is 1. The number of amides is 1. The van der Waals surface area contributed by atoms with Gasteiger partial charge in [0.05, 0.1) is 17.7 Å². The molecule has 1 amide bonds. The van der Waals surface area contributed by atoms with Crippen LogP contribution in [-0.4, -0.2) is 18.9 Å². The van der Waals surface area contributed by atoms with Gasteiger partial charge in [-0.1, -0.05) is 48.0 Å². The van der Waals surface area contributed by atoms with Crippen molar-refractivity contribution in [3.8, 4) is 6.07 Å². The third-order valence-electron chi connectivity index (χ3n) is 4.37. The molecule has 0 aliphatic heterocycles. The lowest BCUT2D eigenvalue weighted by atomic mass is 9.92. The van der Waals surface area contributed by atoms with E-state index < -0.39 is 21.8 Å². The molecule has 1 heterocycles. The molecule has 2 aromatic carbocycles. The third kappa shape index (κ3) is 4.26. The van der Waals surface area contributed by atoms with Gasteiger partial charge in [0.1, 0.15) is 10.6 Å². The fourth-order valence-corrected chi connectivity index (χ4v) is 4.34. The quantitative estimate of drug-likeness (QED) is 0.626. The van der Waals surface area contributed by atoms with Crippen molar-refractivity contribution in [2.45, 2.75) is 10.8 Å². The number of benzene rings is 2. The van der Waals surface area contributed by atoms with Gasteiger partial charge < -0.3 is 10.3 Å². The van der Waals surface area contributed by atoms with Crippen molar-refractivity contribution in [2.24, 2.45) is 12.8 Å². The van der Waals surface area contributed by atoms with Crippen LogP contribution in [0.3, 0.4) is 0 Å². The van der Waals surface area contributed by atoms with Crippen LogP contribution >= 0.6 is 11.6 Å². The lowest BCUT2D eigenvalue weighted by Crippen LogP contribution is -2.14. The summed E-state index contributed by atoms with van der Waals surface area (Å²) < 4.78 is 29.0. The zero-order valence-corrected chi connectivity index (χ0v) is 16.9. The standard InChI is InChI=1S/C20H17ClN4O3S/c1-25-12-15(10-19(25)20(23)26)29(27,28)24-14-7-8-16(18(21)9-14)17(11-22)13-5-3-2-4-6-13/h2-10,12,17,24H,1H3,(H2,23,26)/t17-/m1/s1. The van der Waals surface area contributed by atoms with Gasteiger partial charge in [0.25, 0.3) is 15.9 Å². The number of sulfonamides is 1. The van der Waals surface area contributed by atoms with Gasteiger partial charge in [-0.2, -0.15) is 5.26 Å². The van der Waals surface area contributed by atoms with Gasteiger partial charge in [-0.25, -0.2) is 8.42 Å². The molecule has 0 aliphatic carbocycles. The van der Waals surface area contributed by atoms with Crippen molar-refractivity contribution >= 4 is 33.2 Å². The van der Waals surface area contributed by atoms with Gasteiger partial charge in [0.15, 0.2) is 0 Å². The Morgan fingerprint density at radius 3 is 2.45 bits per heavy atom. The van der Waals surface area contributed by atoms with Crippen molar-refractivity contribution in [1.82, 2.24) is 4.57 Å². The number of halogens is 1. The average Bonchev–Trinajstić information content (AvgIpc) is 3.08. The third-order valence-corrected chi connectivity index (χ3v) is 6.04. The smallest absolute Gasteiger partial charge is 0.265 e. The summed E-state index contributed by atoms with van der Waals surface area (Å²) in [4.78, 5) is 11.3. The number of nitriles is 1. The van der Waals surface area contributed by atoms with Crippen molar-refractivity contribution in [3.05, 3.63) is 82.6 Å². The van der Waals surface area contributed by atoms with Crippen molar-refractivity contribution in [3.63, 3.8) is 0 Å². The van der Waals surface area contributed by atoms with Crippen LogP contribution in [0, 0.1) is 11.3 Å². The van der Waals surface area contributed by atoms with Gasteiger partial charge in [0, 0.05) is 18.3 Å². The molecule has 148 valence electrons. The predicted molar refractivity (Wildman–Crippen MR) is 110 cm³/mol. The summed E-state index contributed by atoms with van der Waals surface area (Å²) in [5.41, 5.74) is 6.88. The molecule has 1 aromatic heterocycles. The van der Waals surface area contributed by atoms with Crippen LogP contribution in [0.2, 0.25) is 5.02 Å². The highest BCUT2D eigenvalue weighted by molar-refractivity contribution is 7.92. The summed E-state index contributed by atoms with van der Waals surface area (Å²) >= 11 is 6.35. The van der Waals surface area contributed by atoms with E-state index in [1.165, 1.54) is 36.0 Å². The summed E-state index contributed by atoms with van der Waals surface area (Å²) in [5, 5.41) is 9.83. The minimum absolute atomic E-state index is 0.0680. The number of nitrogens with zero attached hydrogens (tertiary/aromatic N) is 2. The predicted octanol–water partition coefficient (Wildman–Crippen LogP) is 3.23. The molecule has 0 saturated heterocycles. The minimum Gasteiger partial charge on any atom is -0.364 e. The SMILES string of the molecule is Cn1cc(S(=O)(=O)Nc2ccc([C@H](C#N)c3ccccc3)c(Cl)c2)cc1C(N)=O. The molecule has 29 heavy (non-hydrogen) atoms. The van der Waals surface area contributed by atoms with E-state index >= 15 is 0 Å². The molecule has 0 bridgehead atoms. The van der Waals surface area contributed by atoms with Gasteiger partial charge >= 0.3 is 0 Å². The number of carbonyl (C=O) groups excluding carboxylic acids is 1. The van der Waals surface area contributed by atoms with Crippen molar-refractivity contribution in [2.75, 3.05) is 4.72 Å². The summed E-state index contributed by atoms with van der Waals surface area (Å²) in [6.45, 7) is 0. The Morgan fingerprint density at radius 1 is 1.21 bits per heavy atom. The van der Waals surface area contributed by atoms with E-state index in [2.05, 4.69) is 10.8 Å². The van der Waals surface area contributed by atoms with E-state index in [1.807, 2.05) is 30.3 Å². The first-order valence-corrected chi connectivity index (χ1v) is 10.3. The fourth-order valence-electron chi connectivity index (χ4n) is 2.93. The number of anilines is 1. The molecule has 0 fully saturated rings. The van der Waals surface area contributed by atoms with E-state index in [0.717, 1.165) is 5.56 Å². The Bertz CT molecular complexity index is 1210. The maximum absolute atomic E-state index is 12.6. The second-order valence-corrected chi connectivity index (χ2v) is 8.44. The van der Waals surface area contributed by atoms with Crippen molar-refractivity contribution in [1.29, 1.82) is 5.26 Å². The first kappa shape index (κ1) is 20.5. The Labute approximate surface area is 173 Å². The van der Waals surface area contributed by atoms with E-state index in [0.29, 0.717) is 5.56 Å². The number of aromatic nitrogens is 1. The Morgan fingerprint density at radius 2 is 1.90 bits per heavy atom. The molecular formula is C20H17ClN4O3S. The Balaban J connectivity index is 1.90. The number of hydrogen-bond donors (Lipinski definition) is 2. The lowest BCUT2D eigenvalue weighted by Gasteiger charge is -2.14. The second-order valence-electron chi connectivity index (χ2n) is 6.35. The number of carbonyl (C=O) groups is 1. The molecule has 0 unspecified atom stereocenters. The Kier molecular flexibility index (Phi) is 5.64. The maximum atomic E-state index is 12.6. The summed E-state index contributed by atoms with van der Waals surface area (Å²) in [5.74, 6) is -1.31. The highest BCUT2D eigenvalue weighted by atomic mass is 35.5. The normalized spacial score (nSPS) is 12.2. The molecule has 7 nitrogen and oxygen atoms in total. The minimum atomic E-state index is -3.96. The Hall–Kier alpha value is -3.28. The highest BCUT2D eigenvalue weighted by Gasteiger charge is 2.21. The zero-order chi connectivity index (χ0) is 21.2. The van der Waals surface area contributed by atoms with Crippen LogP contribution in [-0.2, 0) is 17.1 Å². The fraction of sp³-hybridized carbons (Fsp3) is 0.100. The molecule has 0 radical (unpaired) electrons. The summed E-state index contributed by atoms with van der Waals surface area (Å²) in [7, 11) is -2.43. The van der Waals surface area contributed by atoms with E-state index in [4.69, 9.17) is 17.3 Å². The maximum Gasteiger partial charge on any atom is 0.265 e. The molecule has 0 spiro atoms. The van der Waals surface area contributed by atoms with Gasteiger partial charge in [-0.3, -0.25) is 9.52 Å². The zero-order valence-electron chi connectivity index (χ0n) is 15.3. The number of primary amides is 1. The van der Waals surface area contributed by atoms with Crippen LogP contribution in [0.5, 0.6) is 0 Å². The largest absolute Gasteiger partial charge is 0.364 e. The molecule has 3 rings (SSSR count). The van der Waals surface area contributed by atoms with Crippen molar-refractivity contribution < 1.29 is 13.2 Å². The molecular weight excluding hydrogens is 412 g/mol. The first-order valence-electron chi connectivity index (χ1n) is 8.46.